The number of phenols is 1. The zero-order chi connectivity index (χ0) is 13.2. The van der Waals surface area contributed by atoms with E-state index in [9.17, 15) is 5.11 Å². The number of anilines is 1. The van der Waals surface area contributed by atoms with Gasteiger partial charge in [-0.1, -0.05) is 25.8 Å². The van der Waals surface area contributed by atoms with E-state index in [1.807, 2.05) is 18.3 Å². The molecule has 1 saturated carbocycles. The van der Waals surface area contributed by atoms with Crippen molar-refractivity contribution in [2.45, 2.75) is 38.6 Å². The molecule has 2 N–H and O–H groups in total. The van der Waals surface area contributed by atoms with Gasteiger partial charge in [-0.25, -0.2) is 4.98 Å². The summed E-state index contributed by atoms with van der Waals surface area (Å²) < 4.78 is 0. The molecule has 3 heteroatoms. The van der Waals surface area contributed by atoms with Crippen LogP contribution in [0.25, 0.3) is 10.8 Å². The van der Waals surface area contributed by atoms with Crippen LogP contribution < -0.4 is 5.32 Å². The summed E-state index contributed by atoms with van der Waals surface area (Å²) in [5.74, 6) is 1.87. The third kappa shape index (κ3) is 2.50. The molecule has 1 aromatic heterocycles. The van der Waals surface area contributed by atoms with Gasteiger partial charge in [-0.15, -0.1) is 0 Å². The molecular formula is C16H20N2O. The third-order valence-corrected chi connectivity index (χ3v) is 4.18. The van der Waals surface area contributed by atoms with Crippen LogP contribution in [0.1, 0.15) is 32.6 Å². The Morgan fingerprint density at radius 2 is 2.05 bits per heavy atom. The first kappa shape index (κ1) is 12.3. The number of nitrogens with one attached hydrogen (secondary N) is 1. The highest BCUT2D eigenvalue weighted by Gasteiger charge is 2.21. The van der Waals surface area contributed by atoms with Gasteiger partial charge in [0.25, 0.3) is 0 Å². The number of aromatic nitrogens is 1. The van der Waals surface area contributed by atoms with Crippen molar-refractivity contribution in [3.05, 3.63) is 30.5 Å². The Morgan fingerprint density at radius 1 is 1.21 bits per heavy atom. The van der Waals surface area contributed by atoms with Gasteiger partial charge in [0.2, 0.25) is 0 Å². The maximum absolute atomic E-state index is 9.66. The lowest BCUT2D eigenvalue weighted by Crippen LogP contribution is -2.30. The van der Waals surface area contributed by atoms with Crippen molar-refractivity contribution in [2.75, 3.05) is 5.32 Å². The normalized spacial score (nSPS) is 23.4. The molecule has 2 aromatic rings. The van der Waals surface area contributed by atoms with E-state index in [2.05, 4.69) is 17.2 Å². The average Bonchev–Trinajstić information content (AvgIpc) is 2.42. The van der Waals surface area contributed by atoms with Crippen molar-refractivity contribution in [3.63, 3.8) is 0 Å². The number of phenolic OH excluding ortho intramolecular Hbond substituents is 1. The predicted molar refractivity (Wildman–Crippen MR) is 78.5 cm³/mol. The summed E-state index contributed by atoms with van der Waals surface area (Å²) in [5.41, 5.74) is 0. The lowest BCUT2D eigenvalue weighted by atomic mass is 9.86. The van der Waals surface area contributed by atoms with Gasteiger partial charge in [0.15, 0.2) is 0 Å². The van der Waals surface area contributed by atoms with Gasteiger partial charge in [0, 0.05) is 17.6 Å². The van der Waals surface area contributed by atoms with Crippen molar-refractivity contribution in [3.8, 4) is 5.75 Å². The van der Waals surface area contributed by atoms with Gasteiger partial charge < -0.3 is 10.4 Å². The molecule has 0 bridgehead atoms. The largest absolute Gasteiger partial charge is 0.508 e. The van der Waals surface area contributed by atoms with E-state index < -0.39 is 0 Å². The Hall–Kier alpha value is -1.77. The zero-order valence-electron chi connectivity index (χ0n) is 11.3. The van der Waals surface area contributed by atoms with E-state index in [1.165, 1.54) is 25.7 Å². The van der Waals surface area contributed by atoms with Crippen molar-refractivity contribution >= 4 is 16.6 Å². The molecule has 1 aliphatic carbocycles. The highest BCUT2D eigenvalue weighted by atomic mass is 16.3. The van der Waals surface area contributed by atoms with Gasteiger partial charge in [-0.2, -0.15) is 0 Å². The molecule has 1 fully saturated rings. The highest BCUT2D eigenvalue weighted by molar-refractivity contribution is 5.92. The van der Waals surface area contributed by atoms with E-state index >= 15 is 0 Å². The van der Waals surface area contributed by atoms with Crippen LogP contribution in [0.2, 0.25) is 0 Å². The molecule has 2 atom stereocenters. The molecule has 1 aromatic carbocycles. The fraction of sp³-hybridized carbons (Fsp3) is 0.438. The van der Waals surface area contributed by atoms with Gasteiger partial charge in [0.05, 0.1) is 0 Å². The van der Waals surface area contributed by atoms with E-state index in [1.54, 1.807) is 12.1 Å². The second kappa shape index (κ2) is 5.08. The summed E-state index contributed by atoms with van der Waals surface area (Å²) in [6.07, 6.45) is 6.95. The standard InChI is InChI=1S/C16H20N2O/c1-11-4-2-3-5-15(11)18-16-14-10-13(19)7-6-12(14)8-9-17-16/h6-11,15,19H,2-5H2,1H3,(H,17,18). The lowest BCUT2D eigenvalue weighted by Gasteiger charge is -2.30. The third-order valence-electron chi connectivity index (χ3n) is 4.18. The second-order valence-corrected chi connectivity index (χ2v) is 5.58. The summed E-state index contributed by atoms with van der Waals surface area (Å²) in [6.45, 7) is 2.30. The van der Waals surface area contributed by atoms with E-state index in [0.717, 1.165) is 16.6 Å². The van der Waals surface area contributed by atoms with Crippen LogP contribution in [0.3, 0.4) is 0 Å². The van der Waals surface area contributed by atoms with Gasteiger partial charge in [-0.3, -0.25) is 0 Å². The molecule has 3 nitrogen and oxygen atoms in total. The number of aromatic hydroxyl groups is 1. The van der Waals surface area contributed by atoms with Gasteiger partial charge in [0.1, 0.15) is 11.6 Å². The quantitative estimate of drug-likeness (QED) is 0.855. The number of pyridine rings is 1. The second-order valence-electron chi connectivity index (χ2n) is 5.58. The monoisotopic (exact) mass is 256 g/mol. The minimum absolute atomic E-state index is 0.292. The van der Waals surface area contributed by atoms with Crippen molar-refractivity contribution in [2.24, 2.45) is 5.92 Å². The van der Waals surface area contributed by atoms with Crippen LogP contribution in [0.4, 0.5) is 5.82 Å². The van der Waals surface area contributed by atoms with E-state index in [-0.39, 0.29) is 0 Å². The molecule has 1 heterocycles. The smallest absolute Gasteiger partial charge is 0.134 e. The van der Waals surface area contributed by atoms with Gasteiger partial charge >= 0.3 is 0 Å². The van der Waals surface area contributed by atoms with Crippen LogP contribution in [0.15, 0.2) is 30.5 Å². The number of rotatable bonds is 2. The first-order valence-corrected chi connectivity index (χ1v) is 7.08. The Labute approximate surface area is 113 Å². The molecular weight excluding hydrogens is 236 g/mol. The summed E-state index contributed by atoms with van der Waals surface area (Å²) in [5, 5.41) is 15.3. The molecule has 2 unspecified atom stereocenters. The maximum atomic E-state index is 9.66. The van der Waals surface area contributed by atoms with Crippen molar-refractivity contribution in [1.29, 1.82) is 0 Å². The van der Waals surface area contributed by atoms with E-state index in [4.69, 9.17) is 0 Å². The van der Waals surface area contributed by atoms with Crippen molar-refractivity contribution < 1.29 is 5.11 Å². The molecule has 0 spiro atoms. The number of benzene rings is 1. The average molecular weight is 256 g/mol. The Bertz CT molecular complexity index is 582. The fourth-order valence-corrected chi connectivity index (χ4v) is 2.98. The number of hydrogen-bond donors (Lipinski definition) is 2. The Balaban J connectivity index is 1.93. The Morgan fingerprint density at radius 3 is 2.89 bits per heavy atom. The summed E-state index contributed by atoms with van der Waals surface area (Å²) >= 11 is 0. The molecule has 3 rings (SSSR count). The van der Waals surface area contributed by atoms with Gasteiger partial charge in [-0.05, 0) is 42.3 Å². The summed E-state index contributed by atoms with van der Waals surface area (Å²) in [6, 6.07) is 7.91. The van der Waals surface area contributed by atoms with Crippen LogP contribution in [0.5, 0.6) is 5.75 Å². The highest BCUT2D eigenvalue weighted by Crippen LogP contribution is 2.30. The lowest BCUT2D eigenvalue weighted by molar-refractivity contribution is 0.349. The summed E-state index contributed by atoms with van der Waals surface area (Å²) in [4.78, 5) is 4.45. The molecule has 1 aliphatic rings. The van der Waals surface area contributed by atoms with Crippen LogP contribution in [0, 0.1) is 5.92 Å². The van der Waals surface area contributed by atoms with Crippen LogP contribution in [-0.2, 0) is 0 Å². The molecule has 100 valence electrons. The number of nitrogens with zero attached hydrogens (tertiary/aromatic N) is 1. The number of fused-ring (bicyclic) bond motifs is 1. The van der Waals surface area contributed by atoms with Crippen LogP contribution >= 0.6 is 0 Å². The molecule has 0 aliphatic heterocycles. The molecule has 19 heavy (non-hydrogen) atoms. The first-order chi connectivity index (χ1) is 9.24. The van der Waals surface area contributed by atoms with E-state index in [0.29, 0.717) is 17.7 Å². The SMILES string of the molecule is CC1CCCCC1Nc1nccc2ccc(O)cc12. The molecule has 0 saturated heterocycles. The Kier molecular flexibility index (Phi) is 3.28. The molecule has 0 radical (unpaired) electrons. The number of hydrogen-bond acceptors (Lipinski definition) is 3. The minimum Gasteiger partial charge on any atom is -0.508 e. The fourth-order valence-electron chi connectivity index (χ4n) is 2.98. The van der Waals surface area contributed by atoms with Crippen molar-refractivity contribution in [1.82, 2.24) is 4.98 Å². The molecule has 0 amide bonds. The summed E-state index contributed by atoms with van der Waals surface area (Å²) in [7, 11) is 0. The predicted octanol–water partition coefficient (Wildman–Crippen LogP) is 3.93. The minimum atomic E-state index is 0.292. The maximum Gasteiger partial charge on any atom is 0.134 e. The van der Waals surface area contributed by atoms with Crippen LogP contribution in [-0.4, -0.2) is 16.1 Å². The topological polar surface area (TPSA) is 45.2 Å². The zero-order valence-corrected chi connectivity index (χ0v) is 11.3. The first-order valence-electron chi connectivity index (χ1n) is 7.08.